The third-order valence-electron chi connectivity index (χ3n) is 6.96. The summed E-state index contributed by atoms with van der Waals surface area (Å²) >= 11 is 0. The van der Waals surface area contributed by atoms with Gasteiger partial charge < -0.3 is 5.32 Å². The van der Waals surface area contributed by atoms with Crippen molar-refractivity contribution in [1.29, 1.82) is 0 Å². The molecule has 0 bridgehead atoms. The number of nitrogens with one attached hydrogen (secondary N) is 2. The fourth-order valence-corrected chi connectivity index (χ4v) is 4.80. The highest BCUT2D eigenvalue weighted by Gasteiger charge is 2.43. The Morgan fingerprint density at radius 2 is 1.90 bits per heavy atom. The Bertz CT molecular complexity index is 1250. The van der Waals surface area contributed by atoms with Crippen LogP contribution in [0.1, 0.15) is 44.4 Å². The first-order valence-corrected chi connectivity index (χ1v) is 11.0. The van der Waals surface area contributed by atoms with Gasteiger partial charge >= 0.3 is 0 Å². The minimum Gasteiger partial charge on any atom is -0.379 e. The average Bonchev–Trinajstić information content (AvgIpc) is 3.23. The maximum atomic E-state index is 12.6. The Kier molecular flexibility index (Phi) is 4.85. The molecule has 158 valence electrons. The summed E-state index contributed by atoms with van der Waals surface area (Å²) in [5.41, 5.74) is 4.14. The third kappa shape index (κ3) is 3.42. The van der Waals surface area contributed by atoms with Crippen LogP contribution in [0.2, 0.25) is 0 Å². The van der Waals surface area contributed by atoms with Crippen LogP contribution in [0.3, 0.4) is 0 Å². The molecule has 2 atom stereocenters. The lowest BCUT2D eigenvalue weighted by molar-refractivity contribution is 0.132. The Morgan fingerprint density at radius 3 is 2.55 bits per heavy atom. The molecule has 1 aliphatic carbocycles. The lowest BCUT2D eigenvalue weighted by Gasteiger charge is -2.48. The van der Waals surface area contributed by atoms with Crippen LogP contribution < -0.4 is 10.9 Å². The molecule has 6 nitrogen and oxygen atoms in total. The van der Waals surface area contributed by atoms with Gasteiger partial charge in [-0.2, -0.15) is 9.50 Å². The maximum absolute atomic E-state index is 12.6. The van der Waals surface area contributed by atoms with Gasteiger partial charge in [-0.15, -0.1) is 0 Å². The van der Waals surface area contributed by atoms with E-state index >= 15 is 0 Å². The van der Waals surface area contributed by atoms with Gasteiger partial charge in [0.25, 0.3) is 11.3 Å². The second kappa shape index (κ2) is 7.69. The SMILES string of the molecule is CCC1(c2ccc(-c3nc4nc(CNc5ccccc5)cc(=O)n4[nH]3)cc2)CCC1C. The monoisotopic (exact) mass is 413 g/mol. The van der Waals surface area contributed by atoms with Gasteiger partial charge in [-0.3, -0.25) is 9.89 Å². The summed E-state index contributed by atoms with van der Waals surface area (Å²) in [4.78, 5) is 21.7. The smallest absolute Gasteiger partial charge is 0.274 e. The molecule has 6 heteroatoms. The molecule has 1 fully saturated rings. The van der Waals surface area contributed by atoms with Crippen molar-refractivity contribution < 1.29 is 0 Å². The van der Waals surface area contributed by atoms with Gasteiger partial charge in [0.15, 0.2) is 5.82 Å². The molecule has 2 aromatic carbocycles. The van der Waals surface area contributed by atoms with E-state index in [2.05, 4.69) is 58.5 Å². The van der Waals surface area contributed by atoms with Crippen molar-refractivity contribution in [3.8, 4) is 11.4 Å². The molecule has 2 unspecified atom stereocenters. The van der Waals surface area contributed by atoms with E-state index in [4.69, 9.17) is 0 Å². The van der Waals surface area contributed by atoms with Crippen LogP contribution in [-0.4, -0.2) is 19.6 Å². The molecule has 0 spiro atoms. The number of rotatable bonds is 6. The largest absolute Gasteiger partial charge is 0.379 e. The normalized spacial score (nSPS) is 20.5. The van der Waals surface area contributed by atoms with Gasteiger partial charge in [0, 0.05) is 17.3 Å². The molecule has 0 radical (unpaired) electrons. The predicted molar refractivity (Wildman–Crippen MR) is 123 cm³/mol. The second-order valence-electron chi connectivity index (χ2n) is 8.54. The topological polar surface area (TPSA) is 75.1 Å². The number of hydrogen-bond donors (Lipinski definition) is 2. The van der Waals surface area contributed by atoms with Crippen LogP contribution in [0, 0.1) is 5.92 Å². The van der Waals surface area contributed by atoms with E-state index < -0.39 is 0 Å². The number of aromatic amines is 1. The van der Waals surface area contributed by atoms with E-state index in [1.165, 1.54) is 29.0 Å². The summed E-state index contributed by atoms with van der Waals surface area (Å²) in [5, 5.41) is 6.38. The number of aromatic nitrogens is 4. The fraction of sp³-hybridized carbons (Fsp3) is 0.320. The second-order valence-corrected chi connectivity index (χ2v) is 8.54. The molecule has 0 saturated heterocycles. The molecule has 2 N–H and O–H groups in total. The summed E-state index contributed by atoms with van der Waals surface area (Å²) < 4.78 is 1.40. The molecule has 5 rings (SSSR count). The van der Waals surface area contributed by atoms with Gasteiger partial charge in [0.1, 0.15) is 0 Å². The van der Waals surface area contributed by atoms with Crippen molar-refractivity contribution >= 4 is 11.5 Å². The van der Waals surface area contributed by atoms with E-state index in [0.29, 0.717) is 29.3 Å². The molecule has 2 aromatic heterocycles. The number of fused-ring (bicyclic) bond motifs is 1. The first kappa shape index (κ1) is 19.5. The summed E-state index contributed by atoms with van der Waals surface area (Å²) in [7, 11) is 0. The van der Waals surface area contributed by atoms with Crippen LogP contribution in [0.15, 0.2) is 65.5 Å². The first-order chi connectivity index (χ1) is 15.1. The Balaban J connectivity index is 1.41. The standard InChI is InChI=1S/C25H27N5O/c1-3-25(14-13-17(25)2)19-11-9-18(10-12-19)23-28-24-27-21(15-22(31)30(24)29-23)16-26-20-7-5-4-6-8-20/h4-12,15,17,26H,3,13-14,16H2,1-2H3,(H,27,28,29). The summed E-state index contributed by atoms with van der Waals surface area (Å²) in [5.74, 6) is 1.76. The average molecular weight is 414 g/mol. The van der Waals surface area contributed by atoms with Crippen molar-refractivity contribution in [3.05, 3.63) is 82.3 Å². The fourth-order valence-electron chi connectivity index (χ4n) is 4.80. The quantitative estimate of drug-likeness (QED) is 0.477. The molecular formula is C25H27N5O. The zero-order valence-corrected chi connectivity index (χ0v) is 17.9. The van der Waals surface area contributed by atoms with Crippen LogP contribution in [0.25, 0.3) is 17.2 Å². The van der Waals surface area contributed by atoms with Crippen molar-refractivity contribution in [1.82, 2.24) is 19.6 Å². The summed E-state index contributed by atoms with van der Waals surface area (Å²) in [6.45, 7) is 5.09. The molecular weight excluding hydrogens is 386 g/mol. The third-order valence-corrected chi connectivity index (χ3v) is 6.96. The van der Waals surface area contributed by atoms with Gasteiger partial charge in [-0.1, -0.05) is 56.3 Å². The highest BCUT2D eigenvalue weighted by molar-refractivity contribution is 5.58. The number of benzene rings is 2. The lowest BCUT2D eigenvalue weighted by atomic mass is 9.56. The van der Waals surface area contributed by atoms with Crippen LogP contribution in [-0.2, 0) is 12.0 Å². The highest BCUT2D eigenvalue weighted by atomic mass is 16.1. The summed E-state index contributed by atoms with van der Waals surface area (Å²) in [6.07, 6.45) is 3.72. The predicted octanol–water partition coefficient (Wildman–Crippen LogP) is 4.77. The van der Waals surface area contributed by atoms with Gasteiger partial charge in [0.05, 0.1) is 12.2 Å². The Morgan fingerprint density at radius 1 is 1.13 bits per heavy atom. The molecule has 0 aliphatic heterocycles. The van der Waals surface area contributed by atoms with Crippen LogP contribution in [0.5, 0.6) is 0 Å². The molecule has 31 heavy (non-hydrogen) atoms. The van der Waals surface area contributed by atoms with Gasteiger partial charge in [0.2, 0.25) is 0 Å². The first-order valence-electron chi connectivity index (χ1n) is 11.0. The molecule has 2 heterocycles. The van der Waals surface area contributed by atoms with Crippen molar-refractivity contribution in [3.63, 3.8) is 0 Å². The number of nitrogens with zero attached hydrogens (tertiary/aromatic N) is 3. The van der Waals surface area contributed by atoms with E-state index in [9.17, 15) is 4.79 Å². The van der Waals surface area contributed by atoms with E-state index in [-0.39, 0.29) is 5.56 Å². The zero-order valence-electron chi connectivity index (χ0n) is 17.9. The van der Waals surface area contributed by atoms with Crippen molar-refractivity contribution in [2.45, 2.75) is 45.1 Å². The highest BCUT2D eigenvalue weighted by Crippen LogP contribution is 2.51. The minimum atomic E-state index is -0.168. The van der Waals surface area contributed by atoms with E-state index in [1.807, 2.05) is 30.3 Å². The molecule has 0 amide bonds. The zero-order chi connectivity index (χ0) is 21.4. The number of anilines is 1. The Hall–Kier alpha value is -3.41. The van der Waals surface area contributed by atoms with Crippen molar-refractivity contribution in [2.75, 3.05) is 5.32 Å². The maximum Gasteiger partial charge on any atom is 0.274 e. The number of H-pyrrole nitrogens is 1. The lowest BCUT2D eigenvalue weighted by Crippen LogP contribution is -2.42. The van der Waals surface area contributed by atoms with Crippen LogP contribution in [0.4, 0.5) is 5.69 Å². The van der Waals surface area contributed by atoms with Gasteiger partial charge in [-0.25, -0.2) is 4.98 Å². The Labute approximate surface area is 181 Å². The van der Waals surface area contributed by atoms with E-state index in [0.717, 1.165) is 23.6 Å². The molecule has 4 aromatic rings. The van der Waals surface area contributed by atoms with Crippen LogP contribution >= 0.6 is 0 Å². The molecule has 1 saturated carbocycles. The molecule has 1 aliphatic rings. The summed E-state index contributed by atoms with van der Waals surface area (Å²) in [6, 6.07) is 20.0. The number of para-hydroxylation sites is 1. The van der Waals surface area contributed by atoms with E-state index in [1.54, 1.807) is 0 Å². The van der Waals surface area contributed by atoms with Crippen molar-refractivity contribution in [2.24, 2.45) is 5.92 Å². The minimum absolute atomic E-state index is 0.168. The number of hydrogen-bond acceptors (Lipinski definition) is 4. The van der Waals surface area contributed by atoms with Gasteiger partial charge in [-0.05, 0) is 48.3 Å².